The minimum absolute atomic E-state index is 0.348. The first kappa shape index (κ1) is 26.9. The summed E-state index contributed by atoms with van der Waals surface area (Å²) in [4.78, 5) is 0. The Morgan fingerprint density at radius 3 is 0.778 bits per heavy atom. The predicted octanol–water partition coefficient (Wildman–Crippen LogP) is 6.36. The van der Waals surface area contributed by atoms with Gasteiger partial charge in [0.25, 0.3) is 0 Å². The van der Waals surface area contributed by atoms with Crippen LogP contribution in [-0.2, 0) is 0 Å². The molecular weight excluding hydrogens is 334 g/mol. The van der Waals surface area contributed by atoms with Crippen molar-refractivity contribution in [2.45, 2.75) is 128 Å². The van der Waals surface area contributed by atoms with Crippen LogP contribution in [0.3, 0.4) is 0 Å². The van der Waals surface area contributed by atoms with Crippen LogP contribution in [0.5, 0.6) is 0 Å². The molecule has 27 heavy (non-hydrogen) atoms. The summed E-state index contributed by atoms with van der Waals surface area (Å²) in [6.07, 6.45) is 26.5. The fourth-order valence-corrected chi connectivity index (χ4v) is 3.68. The zero-order chi connectivity index (χ0) is 19.7. The Kier molecular flexibility index (Phi) is 25.8. The Morgan fingerprint density at radius 2 is 0.519 bits per heavy atom. The first-order valence-corrected chi connectivity index (χ1v) is 12.3. The van der Waals surface area contributed by atoms with Crippen LogP contribution in [0.1, 0.15) is 128 Å². The third-order valence-electron chi connectivity index (χ3n) is 5.52. The largest absolute Gasteiger partial charge is 0.396 e. The van der Waals surface area contributed by atoms with Crippen LogP contribution < -0.4 is 5.32 Å². The molecule has 0 spiro atoms. The van der Waals surface area contributed by atoms with E-state index in [9.17, 15) is 0 Å². The number of nitrogens with one attached hydrogen (secondary N) is 1. The molecule has 3 N–H and O–H groups in total. The van der Waals surface area contributed by atoms with Crippen LogP contribution in [0.15, 0.2) is 0 Å². The van der Waals surface area contributed by atoms with Gasteiger partial charge in [-0.25, -0.2) is 0 Å². The molecule has 0 saturated carbocycles. The zero-order valence-electron chi connectivity index (χ0n) is 18.4. The van der Waals surface area contributed by atoms with Gasteiger partial charge < -0.3 is 15.5 Å². The van der Waals surface area contributed by atoms with Crippen molar-refractivity contribution in [3.8, 4) is 0 Å². The summed E-state index contributed by atoms with van der Waals surface area (Å²) >= 11 is 0. The molecule has 0 atom stereocenters. The first-order valence-electron chi connectivity index (χ1n) is 12.3. The molecular formula is C24H51NO2. The second-order valence-corrected chi connectivity index (χ2v) is 8.27. The van der Waals surface area contributed by atoms with E-state index in [1.165, 1.54) is 122 Å². The van der Waals surface area contributed by atoms with Gasteiger partial charge in [0.1, 0.15) is 0 Å². The highest BCUT2D eigenvalue weighted by atomic mass is 16.3. The summed E-state index contributed by atoms with van der Waals surface area (Å²) in [5.74, 6) is 0. The molecule has 0 radical (unpaired) electrons. The third-order valence-corrected chi connectivity index (χ3v) is 5.52. The molecule has 164 valence electrons. The molecule has 3 heteroatoms. The predicted molar refractivity (Wildman–Crippen MR) is 119 cm³/mol. The van der Waals surface area contributed by atoms with E-state index in [4.69, 9.17) is 10.2 Å². The van der Waals surface area contributed by atoms with Crippen LogP contribution in [0.25, 0.3) is 0 Å². The second-order valence-electron chi connectivity index (χ2n) is 8.27. The normalized spacial score (nSPS) is 11.3. The molecule has 0 amide bonds. The van der Waals surface area contributed by atoms with Gasteiger partial charge in [0.2, 0.25) is 0 Å². The Bertz CT molecular complexity index is 225. The van der Waals surface area contributed by atoms with E-state index in [2.05, 4.69) is 5.32 Å². The standard InChI is InChI=1S/C24H51NO2/c26-23-19-15-12-10-8-6-4-2-1-3-5-7-9-11-13-17-21-25-22-18-14-16-20-24-27/h25-27H,1-24H2. The van der Waals surface area contributed by atoms with Crippen molar-refractivity contribution in [2.75, 3.05) is 26.3 Å². The van der Waals surface area contributed by atoms with Gasteiger partial charge in [-0.05, 0) is 38.8 Å². The maximum atomic E-state index is 8.73. The van der Waals surface area contributed by atoms with E-state index in [0.29, 0.717) is 13.2 Å². The summed E-state index contributed by atoms with van der Waals surface area (Å²) in [6.45, 7) is 3.04. The molecule has 0 aliphatic carbocycles. The average Bonchev–Trinajstić information content (AvgIpc) is 2.68. The molecule has 0 aliphatic rings. The topological polar surface area (TPSA) is 52.5 Å². The van der Waals surface area contributed by atoms with Crippen molar-refractivity contribution < 1.29 is 10.2 Å². The Balaban J connectivity index is 2.95. The summed E-state index contributed by atoms with van der Waals surface area (Å²) < 4.78 is 0. The first-order chi connectivity index (χ1) is 13.4. The van der Waals surface area contributed by atoms with Gasteiger partial charge in [-0.1, -0.05) is 103 Å². The van der Waals surface area contributed by atoms with Crippen LogP contribution in [-0.4, -0.2) is 36.5 Å². The van der Waals surface area contributed by atoms with Crippen molar-refractivity contribution in [1.82, 2.24) is 5.32 Å². The molecule has 0 bridgehead atoms. The lowest BCUT2D eigenvalue weighted by Gasteiger charge is -2.05. The summed E-state index contributed by atoms with van der Waals surface area (Å²) in [6, 6.07) is 0. The summed E-state index contributed by atoms with van der Waals surface area (Å²) in [7, 11) is 0. The van der Waals surface area contributed by atoms with Gasteiger partial charge in [-0.3, -0.25) is 0 Å². The molecule has 0 aromatic carbocycles. The second kappa shape index (κ2) is 25.9. The lowest BCUT2D eigenvalue weighted by molar-refractivity contribution is 0.282. The Labute approximate surface area is 170 Å². The van der Waals surface area contributed by atoms with Crippen molar-refractivity contribution in [1.29, 1.82) is 0 Å². The van der Waals surface area contributed by atoms with E-state index in [1.54, 1.807) is 0 Å². The van der Waals surface area contributed by atoms with Crippen LogP contribution in [0.4, 0.5) is 0 Å². The number of rotatable bonds is 24. The van der Waals surface area contributed by atoms with Gasteiger partial charge >= 0.3 is 0 Å². The van der Waals surface area contributed by atoms with E-state index < -0.39 is 0 Å². The van der Waals surface area contributed by atoms with Crippen LogP contribution >= 0.6 is 0 Å². The summed E-state index contributed by atoms with van der Waals surface area (Å²) in [5.41, 5.74) is 0. The third kappa shape index (κ3) is 25.9. The van der Waals surface area contributed by atoms with Gasteiger partial charge in [-0.2, -0.15) is 0 Å². The molecule has 0 rings (SSSR count). The highest BCUT2D eigenvalue weighted by molar-refractivity contribution is 4.52. The molecule has 0 unspecified atom stereocenters. The maximum absolute atomic E-state index is 8.73. The highest BCUT2D eigenvalue weighted by Crippen LogP contribution is 2.13. The zero-order valence-corrected chi connectivity index (χ0v) is 18.4. The Morgan fingerprint density at radius 1 is 0.296 bits per heavy atom. The Hall–Kier alpha value is -0.120. The van der Waals surface area contributed by atoms with E-state index >= 15 is 0 Å². The van der Waals surface area contributed by atoms with E-state index in [0.717, 1.165) is 19.4 Å². The van der Waals surface area contributed by atoms with Crippen molar-refractivity contribution >= 4 is 0 Å². The minimum atomic E-state index is 0.348. The van der Waals surface area contributed by atoms with Gasteiger partial charge in [0, 0.05) is 13.2 Å². The number of aliphatic hydroxyl groups excluding tert-OH is 2. The SMILES string of the molecule is OCCCCCCCCCCCCCCCCCCNCCCCCCO. The fourth-order valence-electron chi connectivity index (χ4n) is 3.68. The molecule has 0 heterocycles. The van der Waals surface area contributed by atoms with Crippen LogP contribution in [0.2, 0.25) is 0 Å². The van der Waals surface area contributed by atoms with Crippen molar-refractivity contribution in [2.24, 2.45) is 0 Å². The molecule has 0 aromatic rings. The maximum Gasteiger partial charge on any atom is 0.0431 e. The van der Waals surface area contributed by atoms with Gasteiger partial charge in [0.15, 0.2) is 0 Å². The molecule has 0 aromatic heterocycles. The quantitative estimate of drug-likeness (QED) is 0.169. The van der Waals surface area contributed by atoms with Crippen LogP contribution in [0, 0.1) is 0 Å². The highest BCUT2D eigenvalue weighted by Gasteiger charge is 1.95. The molecule has 0 saturated heterocycles. The number of hydrogen-bond acceptors (Lipinski definition) is 3. The fraction of sp³-hybridized carbons (Fsp3) is 1.00. The molecule has 0 aliphatic heterocycles. The number of unbranched alkanes of at least 4 members (excludes halogenated alkanes) is 18. The van der Waals surface area contributed by atoms with Gasteiger partial charge in [-0.15, -0.1) is 0 Å². The molecule has 3 nitrogen and oxygen atoms in total. The van der Waals surface area contributed by atoms with Crippen molar-refractivity contribution in [3.63, 3.8) is 0 Å². The summed E-state index contributed by atoms with van der Waals surface area (Å²) in [5, 5.41) is 21.0. The molecule has 0 fully saturated rings. The number of hydrogen-bond donors (Lipinski definition) is 3. The van der Waals surface area contributed by atoms with Crippen molar-refractivity contribution in [3.05, 3.63) is 0 Å². The lowest BCUT2D eigenvalue weighted by Crippen LogP contribution is -2.16. The lowest BCUT2D eigenvalue weighted by atomic mass is 10.0. The average molecular weight is 386 g/mol. The smallest absolute Gasteiger partial charge is 0.0431 e. The van der Waals surface area contributed by atoms with E-state index in [-0.39, 0.29) is 0 Å². The minimum Gasteiger partial charge on any atom is -0.396 e. The van der Waals surface area contributed by atoms with Gasteiger partial charge in [0.05, 0.1) is 0 Å². The number of aliphatic hydroxyl groups is 2. The monoisotopic (exact) mass is 385 g/mol. The van der Waals surface area contributed by atoms with E-state index in [1.807, 2.05) is 0 Å².